The van der Waals surface area contributed by atoms with Gasteiger partial charge in [-0.05, 0) is 83.5 Å². The van der Waals surface area contributed by atoms with Crippen molar-refractivity contribution >= 4 is 17.9 Å². The standard InChI is InChI=1S/C55H94O6/c1-4-7-10-13-16-19-22-25-27-30-32-35-38-41-44-47-53(56)59-50-52(61-55(58)49-46-43-40-37-34-29-24-21-18-15-12-9-6-3)51-60-54(57)48-45-42-39-36-33-31-28-26-23-20-17-14-11-8-5-2/h7-8,10-11,16-17,19-20,25-28,52H,4-6,9,12-15,18,21-24,29-51H2,1-3H3. The molecule has 0 aliphatic carbocycles. The van der Waals surface area contributed by atoms with Crippen molar-refractivity contribution in [1.29, 1.82) is 0 Å². The van der Waals surface area contributed by atoms with Crippen LogP contribution in [0.4, 0.5) is 0 Å². The molecule has 350 valence electrons. The Balaban J connectivity index is 4.43. The van der Waals surface area contributed by atoms with Gasteiger partial charge in [0.25, 0.3) is 0 Å². The fourth-order valence-corrected chi connectivity index (χ4v) is 6.94. The van der Waals surface area contributed by atoms with Gasteiger partial charge in [0.05, 0.1) is 0 Å². The van der Waals surface area contributed by atoms with Crippen molar-refractivity contribution in [2.75, 3.05) is 13.2 Å². The van der Waals surface area contributed by atoms with Crippen molar-refractivity contribution in [3.05, 3.63) is 72.9 Å². The molecule has 0 heterocycles. The average molecular weight is 851 g/mol. The van der Waals surface area contributed by atoms with Crippen molar-refractivity contribution in [3.63, 3.8) is 0 Å². The summed E-state index contributed by atoms with van der Waals surface area (Å²) in [4.78, 5) is 38.0. The summed E-state index contributed by atoms with van der Waals surface area (Å²) in [5, 5.41) is 0. The predicted molar refractivity (Wildman–Crippen MR) is 261 cm³/mol. The van der Waals surface area contributed by atoms with Gasteiger partial charge in [-0.25, -0.2) is 0 Å². The maximum atomic E-state index is 12.8. The summed E-state index contributed by atoms with van der Waals surface area (Å²) in [6, 6.07) is 0. The van der Waals surface area contributed by atoms with Crippen LogP contribution in [-0.4, -0.2) is 37.2 Å². The van der Waals surface area contributed by atoms with E-state index < -0.39 is 6.10 Å². The third-order valence-corrected chi connectivity index (χ3v) is 10.7. The molecule has 0 rings (SSSR count). The Morgan fingerprint density at radius 3 is 1.00 bits per heavy atom. The Hall–Kier alpha value is -3.15. The van der Waals surface area contributed by atoms with Gasteiger partial charge in [-0.3, -0.25) is 14.4 Å². The van der Waals surface area contributed by atoms with Crippen LogP contribution in [0.25, 0.3) is 0 Å². The Labute approximate surface area is 376 Å². The molecule has 0 unspecified atom stereocenters. The van der Waals surface area contributed by atoms with E-state index in [0.717, 1.165) is 135 Å². The third kappa shape index (κ3) is 47.7. The number of rotatable bonds is 45. The van der Waals surface area contributed by atoms with Crippen molar-refractivity contribution < 1.29 is 28.6 Å². The summed E-state index contributed by atoms with van der Waals surface area (Å²) in [5.41, 5.74) is 0. The molecule has 0 saturated carbocycles. The molecule has 6 nitrogen and oxygen atoms in total. The van der Waals surface area contributed by atoms with Crippen LogP contribution in [0.5, 0.6) is 0 Å². The first-order valence-electron chi connectivity index (χ1n) is 25.4. The van der Waals surface area contributed by atoms with Gasteiger partial charge in [-0.2, -0.15) is 0 Å². The van der Waals surface area contributed by atoms with E-state index in [9.17, 15) is 14.4 Å². The molecule has 0 fully saturated rings. The molecule has 0 atom stereocenters. The van der Waals surface area contributed by atoms with Crippen LogP contribution in [0.3, 0.4) is 0 Å². The molecule has 0 saturated heterocycles. The molecule has 0 bridgehead atoms. The summed E-state index contributed by atoms with van der Waals surface area (Å²) in [6.45, 7) is 6.39. The second kappa shape index (κ2) is 49.5. The molecule has 0 radical (unpaired) electrons. The molecule has 0 aromatic rings. The number of hydrogen-bond donors (Lipinski definition) is 0. The predicted octanol–water partition coefficient (Wildman–Crippen LogP) is 16.6. The van der Waals surface area contributed by atoms with Gasteiger partial charge < -0.3 is 14.2 Å². The Bertz CT molecular complexity index is 1090. The lowest BCUT2D eigenvalue weighted by molar-refractivity contribution is -0.167. The molecule has 6 heteroatoms. The lowest BCUT2D eigenvalue weighted by Crippen LogP contribution is -2.30. The smallest absolute Gasteiger partial charge is 0.306 e. The van der Waals surface area contributed by atoms with Gasteiger partial charge in [-0.15, -0.1) is 0 Å². The Morgan fingerprint density at radius 2 is 0.639 bits per heavy atom. The first kappa shape index (κ1) is 57.9. The highest BCUT2D eigenvalue weighted by Crippen LogP contribution is 2.15. The van der Waals surface area contributed by atoms with Crippen molar-refractivity contribution in [2.24, 2.45) is 0 Å². The number of carbonyl (C=O) groups excluding carboxylic acids is 3. The van der Waals surface area contributed by atoms with E-state index in [1.807, 2.05) is 0 Å². The number of ether oxygens (including phenoxy) is 3. The quantitative estimate of drug-likeness (QED) is 0.0263. The molecule has 0 spiro atoms. The minimum Gasteiger partial charge on any atom is -0.462 e. The second-order valence-corrected chi connectivity index (χ2v) is 16.7. The van der Waals surface area contributed by atoms with E-state index >= 15 is 0 Å². The van der Waals surface area contributed by atoms with Crippen molar-refractivity contribution in [1.82, 2.24) is 0 Å². The Kier molecular flexibility index (Phi) is 46.9. The molecule has 61 heavy (non-hydrogen) atoms. The number of esters is 3. The maximum Gasteiger partial charge on any atom is 0.306 e. The molecule has 0 aromatic heterocycles. The normalized spacial score (nSPS) is 12.6. The molecular formula is C55H94O6. The summed E-state index contributed by atoms with van der Waals surface area (Å²) in [5.74, 6) is -0.918. The summed E-state index contributed by atoms with van der Waals surface area (Å²) in [6.07, 6.45) is 61.6. The van der Waals surface area contributed by atoms with Gasteiger partial charge in [0.2, 0.25) is 0 Å². The monoisotopic (exact) mass is 851 g/mol. The van der Waals surface area contributed by atoms with Crippen LogP contribution >= 0.6 is 0 Å². The van der Waals surface area contributed by atoms with Crippen LogP contribution in [0.2, 0.25) is 0 Å². The zero-order chi connectivity index (χ0) is 44.4. The topological polar surface area (TPSA) is 78.9 Å². The van der Waals surface area contributed by atoms with E-state index in [-0.39, 0.29) is 31.1 Å². The van der Waals surface area contributed by atoms with Gasteiger partial charge in [-0.1, -0.05) is 209 Å². The minimum atomic E-state index is -0.787. The highest BCUT2D eigenvalue weighted by molar-refractivity contribution is 5.71. The summed E-state index contributed by atoms with van der Waals surface area (Å²) < 4.78 is 16.8. The van der Waals surface area contributed by atoms with Crippen LogP contribution in [0.1, 0.15) is 239 Å². The number of unbranched alkanes of at least 4 members (excludes halogenated alkanes) is 22. The van der Waals surface area contributed by atoms with Crippen LogP contribution in [0.15, 0.2) is 72.9 Å². The lowest BCUT2D eigenvalue weighted by atomic mass is 10.0. The number of hydrogen-bond acceptors (Lipinski definition) is 6. The highest BCUT2D eigenvalue weighted by Gasteiger charge is 2.19. The minimum absolute atomic E-state index is 0.0888. The molecule has 0 amide bonds. The van der Waals surface area contributed by atoms with E-state index in [2.05, 4.69) is 93.7 Å². The highest BCUT2D eigenvalue weighted by atomic mass is 16.6. The first-order chi connectivity index (χ1) is 30.0. The molecule has 0 aliphatic heterocycles. The van der Waals surface area contributed by atoms with Gasteiger partial charge in [0.1, 0.15) is 13.2 Å². The largest absolute Gasteiger partial charge is 0.462 e. The van der Waals surface area contributed by atoms with E-state index in [1.54, 1.807) is 0 Å². The van der Waals surface area contributed by atoms with Crippen molar-refractivity contribution in [3.8, 4) is 0 Å². The molecule has 0 N–H and O–H groups in total. The Morgan fingerprint density at radius 1 is 0.344 bits per heavy atom. The van der Waals surface area contributed by atoms with E-state index in [1.165, 1.54) is 64.2 Å². The van der Waals surface area contributed by atoms with Crippen LogP contribution < -0.4 is 0 Å². The lowest BCUT2D eigenvalue weighted by Gasteiger charge is -2.18. The number of allylic oxidation sites excluding steroid dienone is 12. The maximum absolute atomic E-state index is 12.8. The van der Waals surface area contributed by atoms with Gasteiger partial charge >= 0.3 is 17.9 Å². The van der Waals surface area contributed by atoms with Gasteiger partial charge in [0.15, 0.2) is 6.10 Å². The molecular weight excluding hydrogens is 757 g/mol. The fraction of sp³-hybridized carbons (Fsp3) is 0.727. The first-order valence-corrected chi connectivity index (χ1v) is 25.4. The third-order valence-electron chi connectivity index (χ3n) is 10.7. The van der Waals surface area contributed by atoms with Crippen LogP contribution in [-0.2, 0) is 28.6 Å². The zero-order valence-electron chi connectivity index (χ0n) is 39.9. The summed E-state index contributed by atoms with van der Waals surface area (Å²) in [7, 11) is 0. The molecule has 0 aliphatic rings. The van der Waals surface area contributed by atoms with Crippen LogP contribution in [0, 0.1) is 0 Å². The van der Waals surface area contributed by atoms with E-state index in [0.29, 0.717) is 19.3 Å². The van der Waals surface area contributed by atoms with Crippen molar-refractivity contribution in [2.45, 2.75) is 245 Å². The summed E-state index contributed by atoms with van der Waals surface area (Å²) >= 11 is 0. The second-order valence-electron chi connectivity index (χ2n) is 16.7. The van der Waals surface area contributed by atoms with Gasteiger partial charge in [0, 0.05) is 19.3 Å². The van der Waals surface area contributed by atoms with E-state index in [4.69, 9.17) is 14.2 Å². The zero-order valence-corrected chi connectivity index (χ0v) is 39.9. The number of carbonyl (C=O) groups is 3. The molecule has 0 aromatic carbocycles. The SMILES string of the molecule is CCC=CCC=CCC=CCCCCCCCC(=O)OCC(COC(=O)CCCCCCCC=CCC=CCC=CCC)OC(=O)CCCCCCCCCCCCCCC. The average Bonchev–Trinajstić information content (AvgIpc) is 3.26. The fourth-order valence-electron chi connectivity index (χ4n) is 6.94.